The van der Waals surface area contributed by atoms with Gasteiger partial charge >= 0.3 is 0 Å². The van der Waals surface area contributed by atoms with Gasteiger partial charge in [0.15, 0.2) is 0 Å². The van der Waals surface area contributed by atoms with E-state index in [1.54, 1.807) is 0 Å². The van der Waals surface area contributed by atoms with Gasteiger partial charge in [0.2, 0.25) is 0 Å². The van der Waals surface area contributed by atoms with E-state index in [2.05, 4.69) is 124 Å². The second-order valence-corrected chi connectivity index (χ2v) is 8.42. The highest BCUT2D eigenvalue weighted by molar-refractivity contribution is 14.1. The number of para-hydroxylation sites is 1. The van der Waals surface area contributed by atoms with Gasteiger partial charge in [0.25, 0.3) is 0 Å². The minimum Gasteiger partial charge on any atom is -0.309 e. The fourth-order valence-corrected chi connectivity index (χ4v) is 4.77. The molecule has 0 saturated heterocycles. The third-order valence-electron chi connectivity index (χ3n) is 5.64. The zero-order chi connectivity index (χ0) is 18.7. The molecule has 6 rings (SSSR count). The Balaban J connectivity index is 1.87. The summed E-state index contributed by atoms with van der Waals surface area (Å²) < 4.78 is 3.66. The van der Waals surface area contributed by atoms with Crippen LogP contribution in [0.3, 0.4) is 0 Å². The Kier molecular flexibility index (Phi) is 3.50. The molecule has 1 nitrogen and oxygen atoms in total. The predicted molar refractivity (Wildman–Crippen MR) is 129 cm³/mol. The summed E-state index contributed by atoms with van der Waals surface area (Å²) in [6.45, 7) is 0. The maximum Gasteiger partial charge on any atom is 0.0619 e. The first-order valence-corrected chi connectivity index (χ1v) is 10.5. The van der Waals surface area contributed by atoms with Gasteiger partial charge in [0, 0.05) is 25.4 Å². The van der Waals surface area contributed by atoms with Crippen molar-refractivity contribution in [2.45, 2.75) is 0 Å². The van der Waals surface area contributed by atoms with Crippen molar-refractivity contribution in [2.24, 2.45) is 0 Å². The number of fused-ring (bicyclic) bond motifs is 7. The molecule has 0 atom stereocenters. The summed E-state index contributed by atoms with van der Waals surface area (Å²) in [5.41, 5.74) is 3.73. The Morgan fingerprint density at radius 2 is 1.14 bits per heavy atom. The third-order valence-corrected chi connectivity index (χ3v) is 6.36. The van der Waals surface area contributed by atoms with E-state index in [-0.39, 0.29) is 0 Å². The van der Waals surface area contributed by atoms with Crippen molar-refractivity contribution >= 4 is 65.9 Å². The molecule has 2 heteroatoms. The van der Waals surface area contributed by atoms with Crippen LogP contribution < -0.4 is 0 Å². The van der Waals surface area contributed by atoms with Crippen LogP contribution in [0.5, 0.6) is 0 Å². The van der Waals surface area contributed by atoms with Gasteiger partial charge in [-0.2, -0.15) is 0 Å². The fourth-order valence-electron chi connectivity index (χ4n) is 4.41. The molecule has 28 heavy (non-hydrogen) atoms. The van der Waals surface area contributed by atoms with E-state index in [0.717, 1.165) is 0 Å². The molecule has 0 radical (unpaired) electrons. The van der Waals surface area contributed by atoms with E-state index in [9.17, 15) is 0 Å². The molecular weight excluding hydrogens is 453 g/mol. The molecule has 0 N–H and O–H groups in total. The quantitative estimate of drug-likeness (QED) is 0.172. The molecule has 0 unspecified atom stereocenters. The van der Waals surface area contributed by atoms with E-state index in [0.29, 0.717) is 0 Å². The second-order valence-electron chi connectivity index (χ2n) is 7.17. The standard InChI is InChI=1S/C26H16IN/c27-18-10-12-19(13-11-18)28-25-8-4-3-7-22(25)24-16-15-21-20-6-2-1-5-17(20)9-14-23(21)26(24)28/h1-16H. The van der Waals surface area contributed by atoms with Crippen molar-refractivity contribution in [3.63, 3.8) is 0 Å². The van der Waals surface area contributed by atoms with E-state index in [1.807, 2.05) is 0 Å². The largest absolute Gasteiger partial charge is 0.309 e. The highest BCUT2D eigenvalue weighted by Crippen LogP contribution is 2.38. The molecule has 132 valence electrons. The number of aromatic nitrogens is 1. The summed E-state index contributed by atoms with van der Waals surface area (Å²) in [5.74, 6) is 0. The van der Waals surface area contributed by atoms with Gasteiger partial charge < -0.3 is 4.57 Å². The number of hydrogen-bond acceptors (Lipinski definition) is 0. The van der Waals surface area contributed by atoms with E-state index in [4.69, 9.17) is 0 Å². The van der Waals surface area contributed by atoms with Gasteiger partial charge in [-0.1, -0.05) is 66.7 Å². The van der Waals surface area contributed by atoms with Crippen LogP contribution in [0.2, 0.25) is 0 Å². The minimum atomic E-state index is 1.20. The van der Waals surface area contributed by atoms with Crippen molar-refractivity contribution in [3.05, 3.63) is 101 Å². The molecule has 0 aliphatic carbocycles. The molecule has 0 aliphatic heterocycles. The molecule has 0 fully saturated rings. The summed E-state index contributed by atoms with van der Waals surface area (Å²) in [4.78, 5) is 0. The Labute approximate surface area is 176 Å². The highest BCUT2D eigenvalue weighted by atomic mass is 127. The summed E-state index contributed by atoms with van der Waals surface area (Å²) in [6.07, 6.45) is 0. The summed E-state index contributed by atoms with van der Waals surface area (Å²) in [6, 6.07) is 35.2. The van der Waals surface area contributed by atoms with Crippen molar-refractivity contribution in [3.8, 4) is 5.69 Å². The smallest absolute Gasteiger partial charge is 0.0619 e. The lowest BCUT2D eigenvalue weighted by Crippen LogP contribution is -1.94. The Hall–Kier alpha value is -2.85. The van der Waals surface area contributed by atoms with Crippen molar-refractivity contribution in [1.29, 1.82) is 0 Å². The van der Waals surface area contributed by atoms with Gasteiger partial charge in [-0.05, 0) is 69.1 Å². The van der Waals surface area contributed by atoms with Crippen LogP contribution in [0, 0.1) is 3.57 Å². The van der Waals surface area contributed by atoms with Gasteiger partial charge in [-0.25, -0.2) is 0 Å². The first-order chi connectivity index (χ1) is 13.8. The van der Waals surface area contributed by atoms with Gasteiger partial charge in [0.1, 0.15) is 0 Å². The van der Waals surface area contributed by atoms with Crippen LogP contribution in [0.4, 0.5) is 0 Å². The monoisotopic (exact) mass is 469 g/mol. The lowest BCUT2D eigenvalue weighted by molar-refractivity contribution is 1.18. The normalized spacial score (nSPS) is 11.8. The molecule has 0 aliphatic rings. The maximum atomic E-state index is 2.41. The van der Waals surface area contributed by atoms with Gasteiger partial charge in [-0.15, -0.1) is 0 Å². The van der Waals surface area contributed by atoms with E-state index < -0.39 is 0 Å². The van der Waals surface area contributed by atoms with Gasteiger partial charge in [0.05, 0.1) is 11.0 Å². The zero-order valence-electron chi connectivity index (χ0n) is 15.1. The van der Waals surface area contributed by atoms with E-state index in [1.165, 1.54) is 52.6 Å². The summed E-state index contributed by atoms with van der Waals surface area (Å²) in [7, 11) is 0. The van der Waals surface area contributed by atoms with Crippen LogP contribution in [0.25, 0.3) is 49.0 Å². The molecule has 0 spiro atoms. The number of rotatable bonds is 1. The first kappa shape index (κ1) is 16.1. The van der Waals surface area contributed by atoms with Crippen molar-refractivity contribution < 1.29 is 0 Å². The summed E-state index contributed by atoms with van der Waals surface area (Å²) >= 11 is 2.36. The molecule has 0 amide bonds. The minimum absolute atomic E-state index is 1.20. The van der Waals surface area contributed by atoms with Crippen LogP contribution in [0.15, 0.2) is 97.1 Å². The van der Waals surface area contributed by atoms with Gasteiger partial charge in [-0.3, -0.25) is 0 Å². The molecule has 1 aromatic heterocycles. The number of benzene rings is 5. The number of halogens is 1. The molecule has 6 aromatic rings. The average molecular weight is 469 g/mol. The Morgan fingerprint density at radius 3 is 2.00 bits per heavy atom. The van der Waals surface area contributed by atoms with Crippen LogP contribution in [0.1, 0.15) is 0 Å². The molecular formula is C26H16IN. The second kappa shape index (κ2) is 6.08. The van der Waals surface area contributed by atoms with Crippen molar-refractivity contribution in [2.75, 3.05) is 0 Å². The molecule has 5 aromatic carbocycles. The third kappa shape index (κ3) is 2.24. The zero-order valence-corrected chi connectivity index (χ0v) is 17.2. The Bertz CT molecular complexity index is 1510. The first-order valence-electron chi connectivity index (χ1n) is 9.41. The predicted octanol–water partition coefficient (Wildman–Crippen LogP) is 7.69. The highest BCUT2D eigenvalue weighted by Gasteiger charge is 2.15. The van der Waals surface area contributed by atoms with Crippen LogP contribution in [-0.4, -0.2) is 4.57 Å². The molecule has 0 saturated carbocycles. The number of hydrogen-bond donors (Lipinski definition) is 0. The molecule has 0 bridgehead atoms. The number of nitrogens with zero attached hydrogens (tertiary/aromatic N) is 1. The summed E-state index contributed by atoms with van der Waals surface area (Å²) in [5, 5.41) is 7.79. The maximum absolute atomic E-state index is 2.41. The average Bonchev–Trinajstić information content (AvgIpc) is 3.09. The SMILES string of the molecule is Ic1ccc(-n2c3ccccc3c3ccc4c5ccccc5ccc4c32)cc1. The van der Waals surface area contributed by atoms with Crippen LogP contribution >= 0.6 is 22.6 Å². The van der Waals surface area contributed by atoms with Crippen LogP contribution in [-0.2, 0) is 0 Å². The lowest BCUT2D eigenvalue weighted by Gasteiger charge is -2.11. The molecule has 1 heterocycles. The Morgan fingerprint density at radius 1 is 0.500 bits per heavy atom. The topological polar surface area (TPSA) is 4.93 Å². The lowest BCUT2D eigenvalue weighted by atomic mass is 9.99. The van der Waals surface area contributed by atoms with Crippen molar-refractivity contribution in [1.82, 2.24) is 4.57 Å². The van der Waals surface area contributed by atoms with E-state index >= 15 is 0 Å². The fraction of sp³-hybridized carbons (Fsp3) is 0.